The van der Waals surface area contributed by atoms with Gasteiger partial charge in [-0.1, -0.05) is 0 Å². The molecule has 11 heteroatoms. The van der Waals surface area contributed by atoms with Crippen molar-refractivity contribution in [1.29, 1.82) is 0 Å². The standard InChI is InChI=1S/C16H10F6N4O/c1-25-15(19)13(14(24-25)16(20,21)22)12(27)7-9-4-5-26(23-9)11-6-8(17)2-3-10(11)18/h2-6H,7H2,1H3. The van der Waals surface area contributed by atoms with Gasteiger partial charge in [-0.2, -0.15) is 27.8 Å². The normalized spacial score (nSPS) is 11.8. The van der Waals surface area contributed by atoms with Gasteiger partial charge >= 0.3 is 6.18 Å². The molecule has 3 aromatic rings. The van der Waals surface area contributed by atoms with Gasteiger partial charge in [0.15, 0.2) is 11.5 Å². The zero-order valence-corrected chi connectivity index (χ0v) is 13.6. The molecule has 0 spiro atoms. The first-order chi connectivity index (χ1) is 12.6. The number of ketones is 1. The van der Waals surface area contributed by atoms with E-state index in [2.05, 4.69) is 10.2 Å². The molecule has 5 nitrogen and oxygen atoms in total. The minimum atomic E-state index is -5.02. The number of benzene rings is 1. The van der Waals surface area contributed by atoms with Gasteiger partial charge in [0.05, 0.1) is 12.1 Å². The molecule has 3 rings (SSSR count). The molecule has 0 N–H and O–H groups in total. The number of aryl methyl sites for hydroxylation is 1. The zero-order chi connectivity index (χ0) is 19.9. The number of hydrogen-bond acceptors (Lipinski definition) is 3. The van der Waals surface area contributed by atoms with Crippen molar-refractivity contribution < 1.29 is 31.1 Å². The number of rotatable bonds is 4. The van der Waals surface area contributed by atoms with Crippen LogP contribution in [0.4, 0.5) is 26.3 Å². The van der Waals surface area contributed by atoms with Gasteiger partial charge in [0.2, 0.25) is 5.95 Å². The quantitative estimate of drug-likeness (QED) is 0.508. The largest absolute Gasteiger partial charge is 0.436 e. The number of Topliss-reactive ketones (excluding diaryl/α,β-unsaturated/α-hetero) is 1. The van der Waals surface area contributed by atoms with E-state index in [-0.39, 0.29) is 11.4 Å². The third-order valence-corrected chi connectivity index (χ3v) is 3.67. The maximum Gasteiger partial charge on any atom is 0.436 e. The number of carbonyl (C=O) groups is 1. The van der Waals surface area contributed by atoms with E-state index in [9.17, 15) is 31.1 Å². The molecule has 27 heavy (non-hydrogen) atoms. The van der Waals surface area contributed by atoms with Crippen LogP contribution in [0.5, 0.6) is 0 Å². The first-order valence-electron chi connectivity index (χ1n) is 7.41. The summed E-state index contributed by atoms with van der Waals surface area (Å²) in [5.74, 6) is -4.15. The van der Waals surface area contributed by atoms with Crippen molar-refractivity contribution in [2.75, 3.05) is 0 Å². The monoisotopic (exact) mass is 388 g/mol. The Morgan fingerprint density at radius 2 is 1.81 bits per heavy atom. The van der Waals surface area contributed by atoms with E-state index in [1.54, 1.807) is 0 Å². The predicted octanol–water partition coefficient (Wildman–Crippen LogP) is 3.47. The van der Waals surface area contributed by atoms with Crippen LogP contribution in [0.15, 0.2) is 30.5 Å². The Hall–Kier alpha value is -3.11. The number of halogens is 6. The molecule has 0 saturated carbocycles. The fraction of sp³-hybridized carbons (Fsp3) is 0.188. The predicted molar refractivity (Wildman–Crippen MR) is 79.7 cm³/mol. The molecule has 0 aliphatic carbocycles. The molecule has 0 bridgehead atoms. The summed E-state index contributed by atoms with van der Waals surface area (Å²) in [6, 6.07) is 3.86. The molecule has 0 aliphatic heterocycles. The van der Waals surface area contributed by atoms with Gasteiger partial charge in [0, 0.05) is 19.3 Å². The first kappa shape index (κ1) is 18.7. The Labute approximate surface area is 147 Å². The lowest BCUT2D eigenvalue weighted by atomic mass is 10.1. The molecule has 0 aliphatic rings. The van der Waals surface area contributed by atoms with Gasteiger partial charge in [0.1, 0.15) is 22.9 Å². The van der Waals surface area contributed by atoms with Gasteiger partial charge in [-0.3, -0.25) is 4.79 Å². The SMILES string of the molecule is Cn1nc(C(F)(F)F)c(C(=O)Cc2ccn(-c3cc(F)ccc3F)n2)c1F. The molecule has 0 amide bonds. The lowest BCUT2D eigenvalue weighted by Gasteiger charge is -2.05. The van der Waals surface area contributed by atoms with Crippen LogP contribution < -0.4 is 0 Å². The Morgan fingerprint density at radius 1 is 1.11 bits per heavy atom. The molecular formula is C16H10F6N4O. The van der Waals surface area contributed by atoms with Crippen LogP contribution in [0.3, 0.4) is 0 Å². The van der Waals surface area contributed by atoms with Gasteiger partial charge in [-0.05, 0) is 18.2 Å². The van der Waals surface area contributed by atoms with Crippen molar-refractivity contribution in [3.63, 3.8) is 0 Å². The number of carbonyl (C=O) groups excluding carboxylic acids is 1. The summed E-state index contributed by atoms with van der Waals surface area (Å²) in [4.78, 5) is 12.2. The zero-order valence-electron chi connectivity index (χ0n) is 13.6. The van der Waals surface area contributed by atoms with Crippen LogP contribution in [0.1, 0.15) is 21.7 Å². The molecular weight excluding hydrogens is 378 g/mol. The Kier molecular flexibility index (Phi) is 4.54. The molecule has 1 aromatic carbocycles. The summed E-state index contributed by atoms with van der Waals surface area (Å²) < 4.78 is 81.1. The van der Waals surface area contributed by atoms with Gasteiger partial charge in [0.25, 0.3) is 0 Å². The molecule has 0 saturated heterocycles. The van der Waals surface area contributed by atoms with Crippen molar-refractivity contribution in [3.8, 4) is 5.69 Å². The fourth-order valence-electron chi connectivity index (χ4n) is 2.45. The summed E-state index contributed by atoms with van der Waals surface area (Å²) in [7, 11) is 0.933. The second kappa shape index (κ2) is 6.56. The average Bonchev–Trinajstić information content (AvgIpc) is 3.15. The number of aromatic nitrogens is 4. The van der Waals surface area contributed by atoms with Gasteiger partial charge < -0.3 is 0 Å². The van der Waals surface area contributed by atoms with E-state index in [4.69, 9.17) is 0 Å². The molecule has 0 fully saturated rings. The summed E-state index contributed by atoms with van der Waals surface area (Å²) in [5.41, 5.74) is -3.14. The lowest BCUT2D eigenvalue weighted by molar-refractivity contribution is -0.141. The second-order valence-electron chi connectivity index (χ2n) is 5.58. The summed E-state index contributed by atoms with van der Waals surface area (Å²) in [6.45, 7) is 0. The van der Waals surface area contributed by atoms with Crippen molar-refractivity contribution >= 4 is 5.78 Å². The van der Waals surface area contributed by atoms with Gasteiger partial charge in [-0.15, -0.1) is 0 Å². The van der Waals surface area contributed by atoms with Crippen LogP contribution in [-0.4, -0.2) is 25.3 Å². The van der Waals surface area contributed by atoms with E-state index in [0.29, 0.717) is 4.68 Å². The maximum atomic E-state index is 13.9. The van der Waals surface area contributed by atoms with E-state index in [1.165, 1.54) is 12.3 Å². The van der Waals surface area contributed by atoms with Crippen molar-refractivity contribution in [1.82, 2.24) is 19.6 Å². The van der Waals surface area contributed by atoms with Crippen LogP contribution in [0.25, 0.3) is 5.69 Å². The number of hydrogen-bond donors (Lipinski definition) is 0. The third kappa shape index (κ3) is 3.57. The van der Waals surface area contributed by atoms with Crippen LogP contribution in [-0.2, 0) is 19.6 Å². The molecule has 0 unspecified atom stereocenters. The highest BCUT2D eigenvalue weighted by atomic mass is 19.4. The average molecular weight is 388 g/mol. The minimum absolute atomic E-state index is 0.0555. The second-order valence-corrected chi connectivity index (χ2v) is 5.58. The summed E-state index contributed by atoms with van der Waals surface area (Å²) in [5, 5.41) is 6.83. The summed E-state index contributed by atoms with van der Waals surface area (Å²) >= 11 is 0. The minimum Gasteiger partial charge on any atom is -0.293 e. The van der Waals surface area contributed by atoms with E-state index in [1.807, 2.05) is 0 Å². The Morgan fingerprint density at radius 3 is 2.48 bits per heavy atom. The van der Waals surface area contributed by atoms with Crippen molar-refractivity contribution in [2.45, 2.75) is 12.6 Å². The van der Waals surface area contributed by atoms with Crippen LogP contribution in [0, 0.1) is 17.6 Å². The highest BCUT2D eigenvalue weighted by Crippen LogP contribution is 2.32. The van der Waals surface area contributed by atoms with Crippen molar-refractivity contribution in [2.24, 2.45) is 7.05 Å². The smallest absolute Gasteiger partial charge is 0.293 e. The van der Waals surface area contributed by atoms with Crippen LogP contribution in [0.2, 0.25) is 0 Å². The van der Waals surface area contributed by atoms with E-state index >= 15 is 0 Å². The van der Waals surface area contributed by atoms with Gasteiger partial charge in [-0.25, -0.2) is 18.1 Å². The molecule has 0 radical (unpaired) electrons. The maximum absolute atomic E-state index is 13.9. The highest BCUT2D eigenvalue weighted by molar-refractivity contribution is 5.98. The molecule has 2 heterocycles. The third-order valence-electron chi connectivity index (χ3n) is 3.67. The number of nitrogens with zero attached hydrogens (tertiary/aromatic N) is 4. The molecule has 142 valence electrons. The van der Waals surface area contributed by atoms with Crippen LogP contribution >= 0.6 is 0 Å². The fourth-order valence-corrected chi connectivity index (χ4v) is 2.45. The van der Waals surface area contributed by atoms with E-state index < -0.39 is 47.2 Å². The Bertz CT molecular complexity index is 1020. The van der Waals surface area contributed by atoms with E-state index in [0.717, 1.165) is 29.9 Å². The highest BCUT2D eigenvalue weighted by Gasteiger charge is 2.41. The number of alkyl halides is 3. The Balaban J connectivity index is 1.91. The lowest BCUT2D eigenvalue weighted by Crippen LogP contribution is -2.15. The molecule has 0 atom stereocenters. The van der Waals surface area contributed by atoms with Crippen molar-refractivity contribution in [3.05, 3.63) is 65.0 Å². The molecule has 2 aromatic heterocycles. The summed E-state index contributed by atoms with van der Waals surface area (Å²) in [6.07, 6.45) is -4.50. The first-order valence-corrected chi connectivity index (χ1v) is 7.41. The topological polar surface area (TPSA) is 52.7 Å².